The van der Waals surface area contributed by atoms with Crippen molar-refractivity contribution in [2.24, 2.45) is 7.05 Å². The highest BCUT2D eigenvalue weighted by atomic mass is 35.5. The molecule has 0 bridgehead atoms. The molecule has 145 heavy (non-hydrogen) atoms. The molecule has 3 atom stereocenters. The Bertz CT molecular complexity index is 6840. The Morgan fingerprint density at radius 3 is 1.22 bits per heavy atom. The Kier molecular flexibility index (Phi) is 42.3. The number of anilines is 7. The molecule has 0 saturated carbocycles. The third-order valence-corrected chi connectivity index (χ3v) is 25.4. The lowest BCUT2D eigenvalue weighted by molar-refractivity contribution is -0.145. The second-order valence-electron chi connectivity index (χ2n) is 34.4. The summed E-state index contributed by atoms with van der Waals surface area (Å²) in [6, 6.07) is 99.9. The van der Waals surface area contributed by atoms with E-state index in [4.69, 9.17) is 89.0 Å². The number of likely N-dealkylation sites (N-methyl/N-ethyl adjacent to an activating group) is 1. The van der Waals surface area contributed by atoms with E-state index < -0.39 is 0 Å². The van der Waals surface area contributed by atoms with E-state index in [1.165, 1.54) is 0 Å². The summed E-state index contributed by atoms with van der Waals surface area (Å²) in [6.07, 6.45) is 9.61. The highest BCUT2D eigenvalue weighted by molar-refractivity contribution is 6.40. The van der Waals surface area contributed by atoms with Crippen LogP contribution in [0.25, 0.3) is 43.7 Å². The number of benzene rings is 14. The van der Waals surface area contributed by atoms with E-state index in [0.29, 0.717) is 90.4 Å². The summed E-state index contributed by atoms with van der Waals surface area (Å²) < 4.78 is 52.6. The Labute approximate surface area is 868 Å². The van der Waals surface area contributed by atoms with E-state index in [0.717, 1.165) is 142 Å². The number of carbonyl (C=O) groups excluding carboxylic acids is 5. The maximum atomic E-state index is 12.5. The summed E-state index contributed by atoms with van der Waals surface area (Å²) in [5.41, 5.74) is 12.8. The minimum atomic E-state index is -0.339. The van der Waals surface area contributed by atoms with Crippen molar-refractivity contribution in [1.29, 1.82) is 0 Å². The predicted molar refractivity (Wildman–Crippen MR) is 585 cm³/mol. The van der Waals surface area contributed by atoms with Crippen molar-refractivity contribution < 1.29 is 66.6 Å². The van der Waals surface area contributed by atoms with Crippen molar-refractivity contribution >= 4 is 148 Å². The van der Waals surface area contributed by atoms with Gasteiger partial charge in [-0.2, -0.15) is 0 Å². The lowest BCUT2D eigenvalue weighted by Gasteiger charge is -2.20. The van der Waals surface area contributed by atoms with Gasteiger partial charge in [-0.05, 0) is 202 Å². The van der Waals surface area contributed by atoms with Gasteiger partial charge in [-0.15, -0.1) is 0 Å². The molecule has 0 spiro atoms. The number of fused-ring (bicyclic) bond motifs is 3. The molecule has 3 unspecified atom stereocenters. The number of hydrogen-bond donors (Lipinski definition) is 2. The lowest BCUT2D eigenvalue weighted by Crippen LogP contribution is -2.25. The van der Waals surface area contributed by atoms with Crippen molar-refractivity contribution in [3.05, 3.63) is 393 Å². The molecule has 16 aromatic rings. The molecule has 0 fully saturated rings. The van der Waals surface area contributed by atoms with Crippen LogP contribution in [0.4, 0.5) is 39.8 Å². The minimum absolute atomic E-state index is 0.112. The normalized spacial score (nSPS) is 11.4. The number of nitrogens with zero attached hydrogens (tertiary/aromatic N) is 7. The van der Waals surface area contributed by atoms with Crippen LogP contribution < -0.4 is 39.5 Å². The molecule has 0 radical (unpaired) electrons. The number of rotatable bonds is 40. The fraction of sp³-hybridized carbons (Fsp3) is 0.246. The number of para-hydroxylation sites is 6. The number of carbonyl (C=O) groups is 5. The third-order valence-electron chi connectivity index (χ3n) is 24.2. The minimum Gasteiger partial charge on any atom is -0.497 e. The van der Waals surface area contributed by atoms with Crippen molar-refractivity contribution in [3.63, 3.8) is 0 Å². The second kappa shape index (κ2) is 56.3. The zero-order valence-electron chi connectivity index (χ0n) is 83.5. The highest BCUT2D eigenvalue weighted by Gasteiger charge is 2.23. The van der Waals surface area contributed by atoms with Gasteiger partial charge in [-0.25, -0.2) is 9.97 Å². The van der Waals surface area contributed by atoms with E-state index in [1.807, 2.05) is 314 Å². The average Bonchev–Trinajstić information content (AvgIpc) is 1.62. The first kappa shape index (κ1) is 109. The quantitative estimate of drug-likeness (QED) is 0.0206. The van der Waals surface area contributed by atoms with Crippen molar-refractivity contribution in [1.82, 2.24) is 19.1 Å². The first-order valence-electron chi connectivity index (χ1n) is 47.8. The smallest absolute Gasteiger partial charge is 0.313 e. The molecular formula is C118H123Cl4N9O14. The Hall–Kier alpha value is -14.9. The van der Waals surface area contributed by atoms with Gasteiger partial charge in [-0.1, -0.05) is 247 Å². The van der Waals surface area contributed by atoms with E-state index in [9.17, 15) is 24.0 Å². The van der Waals surface area contributed by atoms with Crippen LogP contribution in [-0.4, -0.2) is 158 Å². The summed E-state index contributed by atoms with van der Waals surface area (Å²) in [7, 11) is 14.9. The van der Waals surface area contributed by atoms with Gasteiger partial charge in [0, 0.05) is 120 Å². The first-order valence-corrected chi connectivity index (χ1v) is 49.3. The lowest BCUT2D eigenvalue weighted by atomic mass is 9.98. The fourth-order valence-electron chi connectivity index (χ4n) is 15.5. The van der Waals surface area contributed by atoms with Gasteiger partial charge in [0.25, 0.3) is 0 Å². The monoisotopic (exact) mass is 2030 g/mol. The number of nitrogens with one attached hydrogen (secondary N) is 2. The van der Waals surface area contributed by atoms with Crippen LogP contribution in [0, 0.1) is 0 Å². The molecule has 0 amide bonds. The van der Waals surface area contributed by atoms with Crippen LogP contribution in [0.5, 0.6) is 17.2 Å². The number of aromatic nitrogens is 4. The first-order chi connectivity index (χ1) is 70.3. The van der Waals surface area contributed by atoms with Crippen LogP contribution in [0.1, 0.15) is 84.2 Å². The summed E-state index contributed by atoms with van der Waals surface area (Å²) in [4.78, 5) is 76.9. The Morgan fingerprint density at radius 1 is 0.372 bits per heavy atom. The van der Waals surface area contributed by atoms with Gasteiger partial charge in [-0.3, -0.25) is 24.0 Å². The van der Waals surface area contributed by atoms with Crippen LogP contribution >= 0.6 is 46.4 Å². The van der Waals surface area contributed by atoms with E-state index in [1.54, 1.807) is 70.1 Å². The van der Waals surface area contributed by atoms with Crippen molar-refractivity contribution in [3.8, 4) is 28.6 Å². The summed E-state index contributed by atoms with van der Waals surface area (Å²) >= 11 is 25.0. The van der Waals surface area contributed by atoms with Crippen LogP contribution in [-0.2, 0) is 91.7 Å². The molecule has 14 aromatic carbocycles. The van der Waals surface area contributed by atoms with Crippen LogP contribution in [0.15, 0.2) is 334 Å². The Balaban J connectivity index is 0.000000162. The molecule has 0 aliphatic carbocycles. The maximum absolute atomic E-state index is 12.5. The molecule has 2 heterocycles. The van der Waals surface area contributed by atoms with Crippen molar-refractivity contribution in [2.45, 2.75) is 77.2 Å². The number of hydrogen-bond acceptors (Lipinski definition) is 21. The van der Waals surface area contributed by atoms with Gasteiger partial charge in [0.2, 0.25) is 0 Å². The highest BCUT2D eigenvalue weighted by Crippen LogP contribution is 2.38. The Morgan fingerprint density at radius 2 is 0.772 bits per heavy atom. The molecule has 0 saturated heterocycles. The van der Waals surface area contributed by atoms with E-state index in [2.05, 4.69) is 71.7 Å². The molecule has 2 aromatic heterocycles. The van der Waals surface area contributed by atoms with Crippen LogP contribution in [0.3, 0.4) is 0 Å². The van der Waals surface area contributed by atoms with Gasteiger partial charge in [0.1, 0.15) is 42.1 Å². The number of aryl methyl sites for hydroxylation is 1. The van der Waals surface area contributed by atoms with Gasteiger partial charge < -0.3 is 77.1 Å². The second-order valence-corrected chi connectivity index (χ2v) is 36.1. The van der Waals surface area contributed by atoms with E-state index >= 15 is 0 Å². The zero-order chi connectivity index (χ0) is 103. The third kappa shape index (κ3) is 33.1. The fourth-order valence-corrected chi connectivity index (χ4v) is 16.5. The standard InChI is InChI=1S/C27H25Cl2N3O3.2C24H27NO3.C23H25NO3.C20H19Cl2N3O2/c28-22-10-6-11-23(29)26(22)31-24-12-5-4-9-21(24)19-25(33)35-18-17-34-16-15-32-14-13-30-27(32)20-7-2-1-3-8-20;1-17(19-7-8-21-16-23(27-4)12-9-20(21)15-19)24(26)28-14-13-18-5-10-22(11-6-18)25(2)3;1-18(19-10-11-21-17-23(27-3)13-12-20(21)16-19)24(26)28-15-7-14-25(2)22-8-5-4-6-9-22;1-17(18-9-10-20-16-22(26-3)12-11-19(20)15-18)23(25)27-14-13-24(2)21-7-5-4-6-8-21;1-25-11-10-23-18(25)9-12-27-19(26)13-14-5-2-3-8-17(14)24-20-15(21)6-4-7-16(20)22/h1-14,31H,15-19H2;5-12,15-17H,13-14H2,1-4H3;4-6,8-13,16-18H,7,14-15H2,1-3H3;4-12,15-17H,13-14H2,1-3H3;2-8,10-11,24H,9,12-13H2,1H3. The summed E-state index contributed by atoms with van der Waals surface area (Å²) in [5.74, 6) is 2.11. The zero-order valence-corrected chi connectivity index (χ0v) is 86.5. The number of ether oxygens (including phenoxy) is 9. The van der Waals surface area contributed by atoms with Gasteiger partial charge in [0.15, 0.2) is 0 Å². The molecule has 0 aliphatic rings. The number of halogens is 4. The molecular weight excluding hydrogens is 1910 g/mol. The number of methoxy groups -OCH3 is 3. The number of esters is 5. The molecule has 752 valence electrons. The summed E-state index contributed by atoms with van der Waals surface area (Å²) in [6.45, 7) is 10.2. The number of imidazole rings is 2. The van der Waals surface area contributed by atoms with Crippen molar-refractivity contribution in [2.75, 3.05) is 134 Å². The van der Waals surface area contributed by atoms with Gasteiger partial charge in [0.05, 0.1) is 123 Å². The predicted octanol–water partition coefficient (Wildman–Crippen LogP) is 25.7. The SMILES string of the molecule is COc1ccc2cc(C(C)C(=O)OCCCN(C)c3ccccc3)ccc2c1.COc1ccc2cc(C(C)C(=O)OCCN(C)c3ccccc3)ccc2c1.COc1ccc2cc(C(C)C(=O)OCCc3ccc(N(C)C)cc3)ccc2c1.Cn1ccnc1CCOC(=O)Cc1ccccc1Nc1c(Cl)cccc1Cl.O=C(Cc1ccccc1Nc1c(Cl)cccc1Cl)OCCOCCn1ccnc1-c1ccccc1. The molecule has 0 aliphatic heterocycles. The molecule has 2 N–H and O–H groups in total. The average molecular weight is 2030 g/mol. The summed E-state index contributed by atoms with van der Waals surface area (Å²) in [5, 5.41) is 15.0. The largest absolute Gasteiger partial charge is 0.497 e. The molecule has 27 heteroatoms. The maximum Gasteiger partial charge on any atom is 0.313 e. The molecule has 23 nitrogen and oxygen atoms in total. The molecule has 16 rings (SSSR count). The van der Waals surface area contributed by atoms with Crippen LogP contribution in [0.2, 0.25) is 20.1 Å². The topological polar surface area (TPSA) is 238 Å². The van der Waals surface area contributed by atoms with Gasteiger partial charge >= 0.3 is 29.8 Å². The van der Waals surface area contributed by atoms with E-state index in [-0.39, 0.29) is 73.7 Å².